The fourth-order valence-corrected chi connectivity index (χ4v) is 3.45. The molecule has 0 aromatic carbocycles. The Morgan fingerprint density at radius 1 is 1.33 bits per heavy atom. The van der Waals surface area contributed by atoms with Crippen molar-refractivity contribution in [2.45, 2.75) is 13.0 Å². The fourth-order valence-electron chi connectivity index (χ4n) is 1.97. The molecule has 0 radical (unpaired) electrons. The minimum Gasteiger partial charge on any atom is -0.384 e. The van der Waals surface area contributed by atoms with E-state index in [-0.39, 0.29) is 11.5 Å². The van der Waals surface area contributed by atoms with Crippen molar-refractivity contribution in [1.82, 2.24) is 9.88 Å². The lowest BCUT2D eigenvalue weighted by Crippen LogP contribution is -2.27. The Bertz CT molecular complexity index is 533. The van der Waals surface area contributed by atoms with Gasteiger partial charge in [0.25, 0.3) is 0 Å². The zero-order chi connectivity index (χ0) is 13.2. The van der Waals surface area contributed by atoms with Gasteiger partial charge in [0.15, 0.2) is 9.84 Å². The maximum atomic E-state index is 11.5. The summed E-state index contributed by atoms with van der Waals surface area (Å²) in [5.41, 5.74) is 6.33. The molecule has 0 aliphatic carbocycles. The second-order valence-corrected chi connectivity index (χ2v) is 7.16. The summed E-state index contributed by atoms with van der Waals surface area (Å²) >= 11 is 6.05. The van der Waals surface area contributed by atoms with Gasteiger partial charge >= 0.3 is 0 Å². The lowest BCUT2D eigenvalue weighted by Gasteiger charge is -2.19. The van der Waals surface area contributed by atoms with E-state index in [0.717, 1.165) is 6.54 Å². The van der Waals surface area contributed by atoms with Crippen LogP contribution in [0, 0.1) is 0 Å². The van der Waals surface area contributed by atoms with E-state index < -0.39 is 9.84 Å². The number of anilines is 1. The molecular weight excluding hydrogens is 274 g/mol. The van der Waals surface area contributed by atoms with Crippen LogP contribution < -0.4 is 5.73 Å². The van der Waals surface area contributed by atoms with Gasteiger partial charge in [0.2, 0.25) is 0 Å². The van der Waals surface area contributed by atoms with Crippen molar-refractivity contribution < 1.29 is 8.42 Å². The molecule has 100 valence electrons. The summed E-state index contributed by atoms with van der Waals surface area (Å²) in [5, 5.41) is 0.566. The largest absolute Gasteiger partial charge is 0.384 e. The van der Waals surface area contributed by atoms with E-state index in [1.165, 1.54) is 0 Å². The number of nitrogens with zero attached hydrogens (tertiary/aromatic N) is 2. The third kappa shape index (κ3) is 3.57. The Morgan fingerprint density at radius 3 is 2.89 bits per heavy atom. The van der Waals surface area contributed by atoms with Gasteiger partial charge in [0.05, 0.1) is 22.2 Å². The zero-order valence-electron chi connectivity index (χ0n) is 9.97. The molecule has 2 N–H and O–H groups in total. The lowest BCUT2D eigenvalue weighted by molar-refractivity contribution is 0.284. The summed E-state index contributed by atoms with van der Waals surface area (Å²) in [6.45, 7) is 1.81. The van der Waals surface area contributed by atoms with E-state index in [2.05, 4.69) is 9.88 Å². The van der Waals surface area contributed by atoms with E-state index in [4.69, 9.17) is 17.3 Å². The summed E-state index contributed by atoms with van der Waals surface area (Å²) < 4.78 is 23.0. The number of rotatable bonds is 2. The van der Waals surface area contributed by atoms with Crippen molar-refractivity contribution in [3.8, 4) is 0 Å². The molecule has 1 saturated heterocycles. The van der Waals surface area contributed by atoms with E-state index in [1.54, 1.807) is 12.1 Å². The van der Waals surface area contributed by atoms with Crippen LogP contribution in [0.1, 0.15) is 12.1 Å². The Labute approximate surface area is 112 Å². The van der Waals surface area contributed by atoms with Crippen LogP contribution in [0.4, 0.5) is 5.82 Å². The number of hydrogen-bond donors (Lipinski definition) is 1. The molecule has 2 heterocycles. The molecule has 1 aliphatic heterocycles. The first-order valence-electron chi connectivity index (χ1n) is 5.80. The quantitative estimate of drug-likeness (QED) is 0.877. The number of nitrogens with two attached hydrogens (primary N) is 1. The molecule has 7 heteroatoms. The van der Waals surface area contributed by atoms with Gasteiger partial charge in [0.1, 0.15) is 5.82 Å². The van der Waals surface area contributed by atoms with Gasteiger partial charge in [-0.25, -0.2) is 13.4 Å². The van der Waals surface area contributed by atoms with Crippen molar-refractivity contribution >= 4 is 27.3 Å². The van der Waals surface area contributed by atoms with Crippen LogP contribution in [0.15, 0.2) is 12.1 Å². The maximum Gasteiger partial charge on any atom is 0.151 e. The normalized spacial score (nSPS) is 20.5. The Balaban J connectivity index is 2.07. The molecule has 5 nitrogen and oxygen atoms in total. The average molecular weight is 290 g/mol. The summed E-state index contributed by atoms with van der Waals surface area (Å²) in [6, 6.07) is 3.37. The van der Waals surface area contributed by atoms with Crippen LogP contribution in [-0.2, 0) is 16.4 Å². The van der Waals surface area contributed by atoms with Crippen LogP contribution in [0.2, 0.25) is 5.02 Å². The number of sulfone groups is 1. The number of aromatic nitrogens is 1. The first kappa shape index (κ1) is 13.6. The topological polar surface area (TPSA) is 76.3 Å². The molecule has 1 aromatic heterocycles. The standard InChI is InChI=1S/C11H16ClN3O2S/c12-9-2-3-11(13)14-10(9)8-15-4-1-6-18(16,17)7-5-15/h2-3H,1,4-8H2,(H2,13,14). The monoisotopic (exact) mass is 289 g/mol. The van der Waals surface area contributed by atoms with Gasteiger partial charge in [-0.15, -0.1) is 0 Å². The first-order valence-corrected chi connectivity index (χ1v) is 8.00. The van der Waals surface area contributed by atoms with Crippen molar-refractivity contribution in [3.63, 3.8) is 0 Å². The Kier molecular flexibility index (Phi) is 4.09. The van der Waals surface area contributed by atoms with Crippen molar-refractivity contribution in [2.75, 3.05) is 30.3 Å². The zero-order valence-corrected chi connectivity index (χ0v) is 11.5. The first-order chi connectivity index (χ1) is 8.46. The fraction of sp³-hybridized carbons (Fsp3) is 0.545. The van der Waals surface area contributed by atoms with Crippen LogP contribution in [-0.4, -0.2) is 42.9 Å². The maximum absolute atomic E-state index is 11.5. The second-order valence-electron chi connectivity index (χ2n) is 4.45. The smallest absolute Gasteiger partial charge is 0.151 e. The molecule has 1 aliphatic rings. The highest BCUT2D eigenvalue weighted by Gasteiger charge is 2.20. The average Bonchev–Trinajstić information content (AvgIpc) is 2.46. The van der Waals surface area contributed by atoms with Gasteiger partial charge in [0, 0.05) is 13.1 Å². The van der Waals surface area contributed by atoms with Crippen molar-refractivity contribution in [1.29, 1.82) is 0 Å². The summed E-state index contributed by atoms with van der Waals surface area (Å²) in [4.78, 5) is 6.24. The van der Waals surface area contributed by atoms with Gasteiger partial charge in [-0.2, -0.15) is 0 Å². The Hall–Kier alpha value is -0.850. The number of nitrogen functional groups attached to an aromatic ring is 1. The molecular formula is C11H16ClN3O2S. The minimum absolute atomic E-state index is 0.201. The molecule has 18 heavy (non-hydrogen) atoms. The van der Waals surface area contributed by atoms with E-state index in [1.807, 2.05) is 0 Å². The molecule has 1 fully saturated rings. The van der Waals surface area contributed by atoms with Crippen LogP contribution in [0.3, 0.4) is 0 Å². The highest BCUT2D eigenvalue weighted by molar-refractivity contribution is 7.91. The van der Waals surface area contributed by atoms with E-state index >= 15 is 0 Å². The predicted octanol–water partition coefficient (Wildman–Crippen LogP) is 0.938. The third-order valence-corrected chi connectivity index (χ3v) is 5.02. The SMILES string of the molecule is Nc1ccc(Cl)c(CN2CCCS(=O)(=O)CC2)n1. The van der Waals surface area contributed by atoms with Crippen molar-refractivity contribution in [3.05, 3.63) is 22.8 Å². The Morgan fingerprint density at radius 2 is 2.11 bits per heavy atom. The van der Waals surface area contributed by atoms with Crippen LogP contribution in [0.25, 0.3) is 0 Å². The van der Waals surface area contributed by atoms with Crippen molar-refractivity contribution in [2.24, 2.45) is 0 Å². The molecule has 2 rings (SSSR count). The predicted molar refractivity (Wildman–Crippen MR) is 72.2 cm³/mol. The summed E-state index contributed by atoms with van der Waals surface area (Å²) in [6.07, 6.45) is 0.655. The highest BCUT2D eigenvalue weighted by atomic mass is 35.5. The summed E-state index contributed by atoms with van der Waals surface area (Å²) in [5.74, 6) is 0.894. The van der Waals surface area contributed by atoms with Gasteiger partial charge < -0.3 is 5.73 Å². The van der Waals surface area contributed by atoms with Gasteiger partial charge in [-0.3, -0.25) is 4.90 Å². The van der Waals surface area contributed by atoms with E-state index in [9.17, 15) is 8.42 Å². The molecule has 0 bridgehead atoms. The minimum atomic E-state index is -2.88. The molecule has 0 atom stereocenters. The third-order valence-electron chi connectivity index (χ3n) is 2.96. The number of hydrogen-bond acceptors (Lipinski definition) is 5. The molecule has 0 saturated carbocycles. The number of halogens is 1. The lowest BCUT2D eigenvalue weighted by atomic mass is 10.3. The van der Waals surface area contributed by atoms with Gasteiger partial charge in [-0.1, -0.05) is 11.6 Å². The highest BCUT2D eigenvalue weighted by Crippen LogP contribution is 2.18. The summed E-state index contributed by atoms with van der Waals surface area (Å²) in [7, 11) is -2.88. The van der Waals surface area contributed by atoms with Gasteiger partial charge in [-0.05, 0) is 25.1 Å². The molecule has 0 spiro atoms. The molecule has 0 amide bonds. The van der Waals surface area contributed by atoms with E-state index in [0.29, 0.717) is 36.0 Å². The number of pyridine rings is 1. The second kappa shape index (κ2) is 5.42. The molecule has 0 unspecified atom stereocenters. The molecule has 1 aromatic rings. The van der Waals surface area contributed by atoms with Crippen LogP contribution in [0.5, 0.6) is 0 Å². The van der Waals surface area contributed by atoms with Crippen LogP contribution >= 0.6 is 11.6 Å².